The first-order valence-corrected chi connectivity index (χ1v) is 10.5. The van der Waals surface area contributed by atoms with Gasteiger partial charge >= 0.3 is 6.03 Å². The van der Waals surface area contributed by atoms with Crippen LogP contribution in [0.1, 0.15) is 53.4 Å². The Hall–Kier alpha value is -2.15. The summed E-state index contributed by atoms with van der Waals surface area (Å²) in [6.45, 7) is 5.44. The summed E-state index contributed by atoms with van der Waals surface area (Å²) in [6.07, 6.45) is 8.83. The summed E-state index contributed by atoms with van der Waals surface area (Å²) in [7, 11) is 0. The summed E-state index contributed by atoms with van der Waals surface area (Å²) in [5.41, 5.74) is 2.28. The molecule has 0 saturated carbocycles. The van der Waals surface area contributed by atoms with Crippen molar-refractivity contribution >= 4 is 17.4 Å². The highest BCUT2D eigenvalue weighted by molar-refractivity contribution is 7.11. The number of aromatic nitrogens is 2. The van der Waals surface area contributed by atoms with Crippen LogP contribution in [0.2, 0.25) is 0 Å². The second kappa shape index (κ2) is 7.84. The van der Waals surface area contributed by atoms with E-state index in [1.54, 1.807) is 17.5 Å². The van der Waals surface area contributed by atoms with Gasteiger partial charge in [-0.15, -0.1) is 11.3 Å². The molecule has 0 spiro atoms. The van der Waals surface area contributed by atoms with Gasteiger partial charge in [0, 0.05) is 48.8 Å². The summed E-state index contributed by atoms with van der Waals surface area (Å²) in [4.78, 5) is 24.7. The number of ether oxygens (including phenoxy) is 1. The number of piperidine rings is 1. The third-order valence-corrected chi connectivity index (χ3v) is 6.65. The first kappa shape index (κ1) is 18.2. The van der Waals surface area contributed by atoms with Gasteiger partial charge in [0.15, 0.2) is 0 Å². The summed E-state index contributed by atoms with van der Waals surface area (Å²) in [5, 5.41) is 4.14. The summed E-state index contributed by atoms with van der Waals surface area (Å²) >= 11 is 1.75. The number of pyridine rings is 1. The third kappa shape index (κ3) is 4.08. The van der Waals surface area contributed by atoms with Crippen LogP contribution >= 0.6 is 11.3 Å². The van der Waals surface area contributed by atoms with Gasteiger partial charge < -0.3 is 15.0 Å². The molecule has 1 aliphatic carbocycles. The van der Waals surface area contributed by atoms with Gasteiger partial charge in [-0.3, -0.25) is 4.98 Å². The number of nitrogens with one attached hydrogen (secondary N) is 1. The lowest BCUT2D eigenvalue weighted by molar-refractivity contribution is 0.109. The van der Waals surface area contributed by atoms with Crippen LogP contribution in [0.15, 0.2) is 18.5 Å². The fourth-order valence-electron chi connectivity index (χ4n) is 3.68. The zero-order valence-electron chi connectivity index (χ0n) is 15.9. The fraction of sp³-hybridized carbons (Fsp3) is 0.550. The Labute approximate surface area is 164 Å². The maximum absolute atomic E-state index is 12.6. The first-order chi connectivity index (χ1) is 13.1. The lowest BCUT2D eigenvalue weighted by Crippen LogP contribution is -2.47. The van der Waals surface area contributed by atoms with Crippen molar-refractivity contribution in [2.45, 2.75) is 58.1 Å². The molecular weight excluding hydrogens is 360 g/mol. The molecule has 2 aliphatic rings. The minimum Gasteiger partial charge on any atom is -0.490 e. The zero-order valence-corrected chi connectivity index (χ0v) is 16.7. The highest BCUT2D eigenvalue weighted by Crippen LogP contribution is 2.30. The molecule has 144 valence electrons. The van der Waals surface area contributed by atoms with Crippen molar-refractivity contribution in [3.8, 4) is 5.75 Å². The lowest BCUT2D eigenvalue weighted by Gasteiger charge is -2.33. The Morgan fingerprint density at radius 2 is 2.19 bits per heavy atom. The summed E-state index contributed by atoms with van der Waals surface area (Å²) in [6, 6.07) is 1.86. The van der Waals surface area contributed by atoms with Gasteiger partial charge in [0.2, 0.25) is 0 Å². The molecule has 4 rings (SSSR count). The molecule has 1 fully saturated rings. The first-order valence-electron chi connectivity index (χ1n) is 9.71. The number of hydrogen-bond acceptors (Lipinski definition) is 5. The molecule has 27 heavy (non-hydrogen) atoms. The predicted octanol–water partition coefficient (Wildman–Crippen LogP) is 3.65. The molecule has 2 amide bonds. The summed E-state index contributed by atoms with van der Waals surface area (Å²) in [5.74, 6) is 0.887. The van der Waals surface area contributed by atoms with Crippen molar-refractivity contribution < 1.29 is 9.53 Å². The van der Waals surface area contributed by atoms with Gasteiger partial charge in [0.05, 0.1) is 11.7 Å². The van der Waals surface area contributed by atoms with Crippen LogP contribution in [0.3, 0.4) is 0 Å². The van der Waals surface area contributed by atoms with Crippen molar-refractivity contribution in [2.75, 3.05) is 13.1 Å². The molecule has 0 bridgehead atoms. The van der Waals surface area contributed by atoms with E-state index in [1.807, 2.05) is 31.0 Å². The van der Waals surface area contributed by atoms with E-state index in [4.69, 9.17) is 9.72 Å². The number of thiazole rings is 1. The van der Waals surface area contributed by atoms with Gasteiger partial charge in [0.25, 0.3) is 0 Å². The smallest absolute Gasteiger partial charge is 0.317 e. The van der Waals surface area contributed by atoms with Gasteiger partial charge in [-0.1, -0.05) is 0 Å². The highest BCUT2D eigenvalue weighted by Gasteiger charge is 2.26. The van der Waals surface area contributed by atoms with Crippen LogP contribution in [0, 0.1) is 6.92 Å². The largest absolute Gasteiger partial charge is 0.490 e. The van der Waals surface area contributed by atoms with Gasteiger partial charge in [-0.25, -0.2) is 9.78 Å². The summed E-state index contributed by atoms with van der Waals surface area (Å²) < 4.78 is 6.09. The number of urea groups is 1. The highest BCUT2D eigenvalue weighted by atomic mass is 32.1. The monoisotopic (exact) mass is 386 g/mol. The van der Waals surface area contributed by atoms with E-state index in [9.17, 15) is 4.79 Å². The number of fused-ring (bicyclic) bond motifs is 1. The van der Waals surface area contributed by atoms with E-state index in [0.717, 1.165) is 42.0 Å². The number of aryl methyl sites for hydroxylation is 3. The lowest BCUT2D eigenvalue weighted by atomic mass is 10.1. The molecule has 2 aromatic heterocycles. The van der Waals surface area contributed by atoms with Gasteiger partial charge in [-0.2, -0.15) is 0 Å². The standard InChI is InChI=1S/C20H26N4O2S/c1-13-12-21-9-6-17(13)26-15-7-10-24(11-8-15)20(25)22-14(2)19-23-16-4-3-5-18(16)27-19/h6,9,12,14-15H,3-5,7-8,10-11H2,1-2H3,(H,22,25). The second-order valence-electron chi connectivity index (χ2n) is 7.39. The zero-order chi connectivity index (χ0) is 18.8. The molecule has 3 heterocycles. The number of carbonyl (C=O) groups excluding carboxylic acids is 1. The van der Waals surface area contributed by atoms with Crippen LogP contribution in [0.5, 0.6) is 5.75 Å². The second-order valence-corrected chi connectivity index (χ2v) is 8.51. The molecule has 7 heteroatoms. The topological polar surface area (TPSA) is 67.3 Å². The van der Waals surface area contributed by atoms with Crippen LogP contribution in [0.25, 0.3) is 0 Å². The number of carbonyl (C=O) groups is 1. The molecule has 0 aromatic carbocycles. The minimum atomic E-state index is -0.0402. The van der Waals surface area contributed by atoms with Crippen LogP contribution < -0.4 is 10.1 Å². The molecule has 1 N–H and O–H groups in total. The van der Waals surface area contributed by atoms with Gasteiger partial charge in [0.1, 0.15) is 16.9 Å². The van der Waals surface area contributed by atoms with E-state index < -0.39 is 0 Å². The molecule has 1 saturated heterocycles. The molecule has 1 unspecified atom stereocenters. The predicted molar refractivity (Wildman–Crippen MR) is 105 cm³/mol. The van der Waals surface area contributed by atoms with E-state index in [2.05, 4.69) is 10.3 Å². The number of hydrogen-bond donors (Lipinski definition) is 1. The molecule has 6 nitrogen and oxygen atoms in total. The maximum Gasteiger partial charge on any atom is 0.317 e. The van der Waals surface area contributed by atoms with Crippen LogP contribution in [-0.2, 0) is 12.8 Å². The van der Waals surface area contributed by atoms with E-state index in [1.165, 1.54) is 17.0 Å². The number of amides is 2. The van der Waals surface area contributed by atoms with Crippen molar-refractivity contribution in [1.29, 1.82) is 0 Å². The minimum absolute atomic E-state index is 0.00333. The number of nitrogens with zero attached hydrogens (tertiary/aromatic N) is 3. The average molecular weight is 387 g/mol. The van der Waals surface area contributed by atoms with E-state index in [-0.39, 0.29) is 18.2 Å². The van der Waals surface area contributed by atoms with Crippen LogP contribution in [0.4, 0.5) is 4.79 Å². The average Bonchev–Trinajstić information content (AvgIpc) is 3.26. The quantitative estimate of drug-likeness (QED) is 0.871. The van der Waals surface area contributed by atoms with E-state index >= 15 is 0 Å². The Balaban J connectivity index is 1.27. The molecule has 1 atom stereocenters. The Bertz CT molecular complexity index is 793. The molecule has 2 aromatic rings. The SMILES string of the molecule is Cc1cnccc1OC1CCN(C(=O)NC(C)c2nc3c(s2)CCC3)CC1. The van der Waals surface area contributed by atoms with Crippen LogP contribution in [-0.4, -0.2) is 40.1 Å². The maximum atomic E-state index is 12.6. The normalized spacial score (nSPS) is 18.2. The molecule has 0 radical (unpaired) electrons. The molecule has 1 aliphatic heterocycles. The number of rotatable bonds is 4. The van der Waals surface area contributed by atoms with Crippen molar-refractivity contribution in [3.63, 3.8) is 0 Å². The Morgan fingerprint density at radius 1 is 1.37 bits per heavy atom. The number of likely N-dealkylation sites (tertiary alicyclic amines) is 1. The molecular formula is C20H26N4O2S. The van der Waals surface area contributed by atoms with Crippen molar-refractivity contribution in [2.24, 2.45) is 0 Å². The van der Waals surface area contributed by atoms with Crippen molar-refractivity contribution in [3.05, 3.63) is 39.6 Å². The van der Waals surface area contributed by atoms with Crippen molar-refractivity contribution in [1.82, 2.24) is 20.2 Å². The fourth-order valence-corrected chi connectivity index (χ4v) is 4.84. The van der Waals surface area contributed by atoms with E-state index in [0.29, 0.717) is 13.1 Å². The third-order valence-electron chi connectivity index (χ3n) is 5.31. The Morgan fingerprint density at radius 3 is 2.93 bits per heavy atom. The Kier molecular flexibility index (Phi) is 5.29. The van der Waals surface area contributed by atoms with Gasteiger partial charge in [-0.05, 0) is 39.2 Å².